The molecular weight excluding hydrogens is 208 g/mol. The van der Waals surface area contributed by atoms with Crippen LogP contribution >= 0.6 is 0 Å². The Labute approximate surface area is 92.5 Å². The van der Waals surface area contributed by atoms with Crippen molar-refractivity contribution in [1.29, 1.82) is 0 Å². The topological polar surface area (TPSA) is 40.5 Å². The molecule has 0 heterocycles. The minimum atomic E-state index is -5.03. The van der Waals surface area contributed by atoms with Crippen molar-refractivity contribution in [2.24, 2.45) is 0 Å². The van der Waals surface area contributed by atoms with Crippen LogP contribution in [0.4, 0.5) is 13.2 Å². The molecule has 0 atom stereocenters. The Hall–Kier alpha value is -1.01. The Kier molecular flexibility index (Phi) is 1.85. The summed E-state index contributed by atoms with van der Waals surface area (Å²) in [7, 11) is -2.18. The summed E-state index contributed by atoms with van der Waals surface area (Å²) in [5.74, 6) is 0. The molecule has 0 unspecified atom stereocenters. The molecule has 0 aliphatic heterocycles. The van der Waals surface area contributed by atoms with Crippen LogP contribution in [-0.2, 0) is 12.5 Å². The maximum atomic E-state index is 12.9. The fourth-order valence-corrected chi connectivity index (χ4v) is 1.07. The van der Waals surface area contributed by atoms with Crippen LogP contribution < -0.4 is 5.46 Å². The fraction of sp³-hybridized carbons (Fsp3) is 0.333. The molecule has 0 aliphatic rings. The first-order valence-corrected chi connectivity index (χ1v) is 3.86. The molecule has 0 bridgehead atoms. The summed E-state index contributed by atoms with van der Waals surface area (Å²) in [6.45, 7) is -3.30. The van der Waals surface area contributed by atoms with Crippen molar-refractivity contribution in [2.45, 2.75) is 19.4 Å². The van der Waals surface area contributed by atoms with Gasteiger partial charge in [-0.05, 0) is 23.5 Å². The van der Waals surface area contributed by atoms with Gasteiger partial charge in [-0.1, -0.05) is 19.0 Å². The van der Waals surface area contributed by atoms with E-state index in [1.54, 1.807) is 0 Å². The van der Waals surface area contributed by atoms with Crippen LogP contribution in [0, 0.1) is 0 Å². The molecule has 15 heavy (non-hydrogen) atoms. The van der Waals surface area contributed by atoms with Gasteiger partial charge in [-0.2, -0.15) is 13.2 Å². The lowest BCUT2D eigenvalue weighted by atomic mass is 9.78. The van der Waals surface area contributed by atoms with E-state index in [1.807, 2.05) is 0 Å². The molecule has 0 spiro atoms. The van der Waals surface area contributed by atoms with Crippen LogP contribution in [0.1, 0.15) is 24.8 Å². The summed E-state index contributed by atoms with van der Waals surface area (Å²) in [6, 6.07) is 1.76. The Balaban J connectivity index is 3.56. The van der Waals surface area contributed by atoms with E-state index in [1.165, 1.54) is 0 Å². The van der Waals surface area contributed by atoms with Gasteiger partial charge in [0.1, 0.15) is 0 Å². The van der Waals surface area contributed by atoms with E-state index in [4.69, 9.17) is 16.9 Å². The minimum absolute atomic E-state index is 0.323. The highest BCUT2D eigenvalue weighted by atomic mass is 19.4. The number of hydrogen-bond donors (Lipinski definition) is 2. The number of benzene rings is 1. The van der Waals surface area contributed by atoms with Gasteiger partial charge in [0.15, 0.2) is 0 Å². The molecular formula is C9H10BF3O2. The molecule has 0 aromatic heterocycles. The highest BCUT2D eigenvalue weighted by Crippen LogP contribution is 2.31. The Morgan fingerprint density at radius 2 is 2.13 bits per heavy atom. The van der Waals surface area contributed by atoms with Crippen molar-refractivity contribution in [3.8, 4) is 0 Å². The summed E-state index contributed by atoms with van der Waals surface area (Å²) in [6.07, 6.45) is -8.25. The van der Waals surface area contributed by atoms with Crippen molar-refractivity contribution >= 4 is 12.6 Å². The first-order valence-electron chi connectivity index (χ1n) is 6.36. The van der Waals surface area contributed by atoms with E-state index in [0.717, 1.165) is 6.07 Å². The second kappa shape index (κ2) is 4.24. The zero-order valence-corrected chi connectivity index (χ0v) is 7.34. The summed E-state index contributed by atoms with van der Waals surface area (Å²) in [5, 5.41) is 17.7. The molecule has 1 aromatic rings. The van der Waals surface area contributed by atoms with Gasteiger partial charge >= 0.3 is 13.3 Å². The fourth-order valence-electron chi connectivity index (χ4n) is 1.07. The highest BCUT2D eigenvalue weighted by molar-refractivity contribution is 6.58. The van der Waals surface area contributed by atoms with Gasteiger partial charge in [-0.3, -0.25) is 0 Å². The molecule has 2 nitrogen and oxygen atoms in total. The van der Waals surface area contributed by atoms with Crippen molar-refractivity contribution in [3.63, 3.8) is 0 Å². The second-order valence-corrected chi connectivity index (χ2v) is 2.80. The van der Waals surface area contributed by atoms with Crippen molar-refractivity contribution in [2.75, 3.05) is 0 Å². The van der Waals surface area contributed by atoms with E-state index >= 15 is 0 Å². The molecule has 0 amide bonds. The molecule has 0 fully saturated rings. The summed E-state index contributed by atoms with van der Waals surface area (Å²) in [4.78, 5) is 0. The standard InChI is InChI=1S/C9H10BF3O2/c1-2-6-3-4-7(10(14)15)5-8(6)9(11,12)13/h3-5,14-15H,2H2,1H3/i1D3,2D2. The van der Waals surface area contributed by atoms with Crippen LogP contribution in [-0.4, -0.2) is 17.2 Å². The third-order valence-electron chi connectivity index (χ3n) is 1.78. The molecule has 0 saturated carbocycles. The van der Waals surface area contributed by atoms with E-state index in [-0.39, 0.29) is 0 Å². The maximum absolute atomic E-state index is 12.9. The van der Waals surface area contributed by atoms with E-state index in [2.05, 4.69) is 0 Å². The zero-order valence-electron chi connectivity index (χ0n) is 12.3. The SMILES string of the molecule is [2H]C([2H])([2H])C([2H])([2H])c1ccc(B(O)O)cc1C(F)(F)F. The Morgan fingerprint density at radius 3 is 2.60 bits per heavy atom. The first-order chi connectivity index (χ1) is 8.78. The average Bonchev–Trinajstić information content (AvgIpc) is 2.25. The lowest BCUT2D eigenvalue weighted by Gasteiger charge is -2.13. The number of hydrogen-bond acceptors (Lipinski definition) is 2. The molecule has 1 rings (SSSR count). The lowest BCUT2D eigenvalue weighted by Crippen LogP contribution is -2.31. The zero-order chi connectivity index (χ0) is 15.9. The second-order valence-electron chi connectivity index (χ2n) is 2.80. The summed E-state index contributed by atoms with van der Waals surface area (Å²) < 4.78 is 74.5. The molecule has 0 aliphatic carbocycles. The third-order valence-corrected chi connectivity index (χ3v) is 1.78. The summed E-state index contributed by atoms with van der Waals surface area (Å²) in [5.41, 5.74) is -3.14. The molecule has 1 aromatic carbocycles. The molecule has 6 heteroatoms. The molecule has 0 radical (unpaired) electrons. The quantitative estimate of drug-likeness (QED) is 0.732. The van der Waals surface area contributed by atoms with Gasteiger partial charge < -0.3 is 10.0 Å². The van der Waals surface area contributed by atoms with Crippen LogP contribution in [0.15, 0.2) is 18.2 Å². The largest absolute Gasteiger partial charge is 0.488 e. The summed E-state index contributed by atoms with van der Waals surface area (Å²) >= 11 is 0. The van der Waals surface area contributed by atoms with Crippen molar-refractivity contribution in [1.82, 2.24) is 0 Å². The average molecular weight is 223 g/mol. The maximum Gasteiger partial charge on any atom is 0.488 e. The Bertz CT molecular complexity index is 501. The number of rotatable bonds is 2. The van der Waals surface area contributed by atoms with Crippen LogP contribution in [0.3, 0.4) is 0 Å². The molecule has 0 saturated heterocycles. The van der Waals surface area contributed by atoms with Gasteiger partial charge in [-0.25, -0.2) is 0 Å². The highest BCUT2D eigenvalue weighted by Gasteiger charge is 2.33. The van der Waals surface area contributed by atoms with Gasteiger partial charge in [0.25, 0.3) is 0 Å². The molecule has 82 valence electrons. The van der Waals surface area contributed by atoms with E-state index in [9.17, 15) is 13.2 Å². The van der Waals surface area contributed by atoms with Crippen LogP contribution in [0.2, 0.25) is 0 Å². The van der Waals surface area contributed by atoms with Crippen molar-refractivity contribution in [3.05, 3.63) is 29.3 Å². The predicted molar refractivity (Wildman–Crippen MR) is 50.6 cm³/mol. The number of halogens is 3. The van der Waals surface area contributed by atoms with Gasteiger partial charge in [-0.15, -0.1) is 0 Å². The van der Waals surface area contributed by atoms with Gasteiger partial charge in [0.05, 0.1) is 5.56 Å². The first kappa shape index (κ1) is 6.55. The minimum Gasteiger partial charge on any atom is -0.423 e. The van der Waals surface area contributed by atoms with E-state index < -0.39 is 43.1 Å². The number of alkyl halides is 3. The van der Waals surface area contributed by atoms with Gasteiger partial charge in [0, 0.05) is 6.85 Å². The smallest absolute Gasteiger partial charge is 0.423 e. The Morgan fingerprint density at radius 1 is 1.47 bits per heavy atom. The van der Waals surface area contributed by atoms with Gasteiger partial charge in [0.2, 0.25) is 0 Å². The monoisotopic (exact) mass is 223 g/mol. The van der Waals surface area contributed by atoms with E-state index in [0.29, 0.717) is 12.1 Å². The molecule has 2 N–H and O–H groups in total. The van der Waals surface area contributed by atoms with Crippen LogP contribution in [0.5, 0.6) is 0 Å². The number of aryl methyl sites for hydroxylation is 1. The van der Waals surface area contributed by atoms with Crippen LogP contribution in [0.25, 0.3) is 0 Å². The lowest BCUT2D eigenvalue weighted by molar-refractivity contribution is -0.138. The van der Waals surface area contributed by atoms with Crippen molar-refractivity contribution < 1.29 is 30.1 Å². The third kappa shape index (κ3) is 2.73. The normalized spacial score (nSPS) is 18.3. The predicted octanol–water partition coefficient (Wildman–Crippen LogP) is 0.948.